The zero-order chi connectivity index (χ0) is 22.0. The zero-order valence-corrected chi connectivity index (χ0v) is 18.4. The SMILES string of the molecule is CC(C)(Cc1ccc(SC(F)(F)F)cc1)C(O)C(C(O)C(Cl)(Cl)Cl)n1cncn1. The van der Waals surface area contributed by atoms with Crippen LogP contribution in [0.25, 0.3) is 0 Å². The highest BCUT2D eigenvalue weighted by Gasteiger charge is 2.46. The number of hydrogen-bond donors (Lipinski definition) is 2. The second-order valence-electron chi connectivity index (χ2n) is 7.15. The van der Waals surface area contributed by atoms with E-state index < -0.39 is 33.0 Å². The molecule has 0 amide bonds. The van der Waals surface area contributed by atoms with Crippen molar-refractivity contribution in [3.63, 3.8) is 0 Å². The van der Waals surface area contributed by atoms with Gasteiger partial charge in [0.1, 0.15) is 24.8 Å². The van der Waals surface area contributed by atoms with Gasteiger partial charge in [0.2, 0.25) is 3.79 Å². The van der Waals surface area contributed by atoms with E-state index in [1.165, 1.54) is 29.5 Å². The molecule has 2 N–H and O–H groups in total. The van der Waals surface area contributed by atoms with Crippen LogP contribution in [0.4, 0.5) is 13.2 Å². The molecule has 0 spiro atoms. The van der Waals surface area contributed by atoms with Crippen LogP contribution in [-0.4, -0.2) is 46.5 Å². The van der Waals surface area contributed by atoms with Crippen molar-refractivity contribution >= 4 is 46.6 Å². The van der Waals surface area contributed by atoms with Crippen molar-refractivity contribution in [1.82, 2.24) is 14.8 Å². The van der Waals surface area contributed by atoms with Gasteiger partial charge in [0, 0.05) is 4.90 Å². The molecule has 0 saturated heterocycles. The van der Waals surface area contributed by atoms with E-state index in [4.69, 9.17) is 34.8 Å². The normalized spacial score (nSPS) is 16.5. The van der Waals surface area contributed by atoms with Crippen LogP contribution in [0.15, 0.2) is 41.8 Å². The lowest BCUT2D eigenvalue weighted by molar-refractivity contribution is -0.0463. The number of aromatic nitrogens is 3. The highest BCUT2D eigenvalue weighted by atomic mass is 35.6. The molecule has 1 aromatic heterocycles. The van der Waals surface area contributed by atoms with Gasteiger partial charge < -0.3 is 10.2 Å². The molecule has 162 valence electrons. The second kappa shape index (κ2) is 9.20. The van der Waals surface area contributed by atoms with Crippen molar-refractivity contribution in [3.05, 3.63) is 42.5 Å². The predicted molar refractivity (Wildman–Crippen MR) is 107 cm³/mol. The lowest BCUT2D eigenvalue weighted by Crippen LogP contribution is -2.48. The molecular weight excluding hydrogens is 474 g/mol. The van der Waals surface area contributed by atoms with Gasteiger partial charge >= 0.3 is 5.51 Å². The molecule has 1 aromatic carbocycles. The van der Waals surface area contributed by atoms with Gasteiger partial charge in [0.25, 0.3) is 0 Å². The van der Waals surface area contributed by atoms with E-state index in [-0.39, 0.29) is 23.1 Å². The molecule has 5 nitrogen and oxygen atoms in total. The molecule has 0 radical (unpaired) electrons. The minimum Gasteiger partial charge on any atom is -0.390 e. The molecule has 0 aliphatic carbocycles. The number of rotatable bonds is 7. The van der Waals surface area contributed by atoms with Crippen LogP contribution >= 0.6 is 46.6 Å². The molecule has 12 heteroatoms. The molecule has 2 rings (SSSR count). The van der Waals surface area contributed by atoms with Gasteiger partial charge in [0.05, 0.1) is 6.10 Å². The van der Waals surface area contributed by atoms with Crippen LogP contribution in [0.2, 0.25) is 0 Å². The Morgan fingerprint density at radius 1 is 1.07 bits per heavy atom. The largest absolute Gasteiger partial charge is 0.446 e. The molecule has 3 atom stereocenters. The number of thioether (sulfide) groups is 1. The molecule has 0 bridgehead atoms. The number of alkyl halides is 6. The summed E-state index contributed by atoms with van der Waals surface area (Å²) >= 11 is 17.3. The Kier molecular flexibility index (Phi) is 7.79. The third kappa shape index (κ3) is 6.90. The Bertz CT molecular complexity index is 784. The number of hydrogen-bond acceptors (Lipinski definition) is 5. The van der Waals surface area contributed by atoms with E-state index in [1.54, 1.807) is 26.0 Å². The highest BCUT2D eigenvalue weighted by Crippen LogP contribution is 2.42. The predicted octanol–water partition coefficient (Wildman–Crippen LogP) is 4.79. The van der Waals surface area contributed by atoms with Crippen LogP contribution < -0.4 is 0 Å². The van der Waals surface area contributed by atoms with Crippen LogP contribution in [0.1, 0.15) is 25.5 Å². The molecule has 3 unspecified atom stereocenters. The summed E-state index contributed by atoms with van der Waals surface area (Å²) in [6.45, 7) is 3.45. The average molecular weight is 493 g/mol. The van der Waals surface area contributed by atoms with Crippen LogP contribution in [0, 0.1) is 5.41 Å². The molecular formula is C17H19Cl3F3N3O2S. The topological polar surface area (TPSA) is 71.2 Å². The number of nitrogens with zero attached hydrogens (tertiary/aromatic N) is 3. The van der Waals surface area contributed by atoms with Crippen LogP contribution in [0.3, 0.4) is 0 Å². The number of aliphatic hydroxyl groups is 2. The maximum Gasteiger partial charge on any atom is 0.446 e. The number of benzene rings is 1. The van der Waals surface area contributed by atoms with Gasteiger partial charge in [-0.2, -0.15) is 18.3 Å². The number of aliphatic hydroxyl groups excluding tert-OH is 2. The Labute approximate surface area is 185 Å². The fourth-order valence-electron chi connectivity index (χ4n) is 2.93. The first-order chi connectivity index (χ1) is 13.2. The van der Waals surface area contributed by atoms with Gasteiger partial charge in [-0.25, -0.2) is 9.67 Å². The maximum absolute atomic E-state index is 12.5. The van der Waals surface area contributed by atoms with E-state index in [9.17, 15) is 23.4 Å². The van der Waals surface area contributed by atoms with Crippen molar-refractivity contribution in [2.24, 2.45) is 5.41 Å². The third-order valence-electron chi connectivity index (χ3n) is 4.34. The van der Waals surface area contributed by atoms with Crippen molar-refractivity contribution in [1.29, 1.82) is 0 Å². The lowest BCUT2D eigenvalue weighted by atomic mass is 9.76. The molecule has 29 heavy (non-hydrogen) atoms. The van der Waals surface area contributed by atoms with E-state index in [2.05, 4.69) is 10.1 Å². The van der Waals surface area contributed by atoms with E-state index >= 15 is 0 Å². The Morgan fingerprint density at radius 3 is 2.10 bits per heavy atom. The minimum absolute atomic E-state index is 0.0618. The van der Waals surface area contributed by atoms with Gasteiger partial charge in [-0.05, 0) is 41.3 Å². The molecule has 0 aliphatic rings. The van der Waals surface area contributed by atoms with Gasteiger partial charge in [0.15, 0.2) is 0 Å². The first-order valence-corrected chi connectivity index (χ1v) is 10.3. The zero-order valence-electron chi connectivity index (χ0n) is 15.3. The van der Waals surface area contributed by atoms with Crippen molar-refractivity contribution in [3.8, 4) is 0 Å². The van der Waals surface area contributed by atoms with Gasteiger partial charge in [-0.1, -0.05) is 60.8 Å². The smallest absolute Gasteiger partial charge is 0.390 e. The van der Waals surface area contributed by atoms with E-state index in [1.807, 2.05) is 0 Å². The monoisotopic (exact) mass is 491 g/mol. The van der Waals surface area contributed by atoms with Crippen molar-refractivity contribution in [2.45, 2.75) is 52.7 Å². The molecule has 0 aliphatic heterocycles. The summed E-state index contributed by atoms with van der Waals surface area (Å²) in [5.41, 5.74) is -4.54. The highest BCUT2D eigenvalue weighted by molar-refractivity contribution is 8.00. The molecule has 0 fully saturated rings. The average Bonchev–Trinajstić information content (AvgIpc) is 3.08. The molecule has 0 saturated carbocycles. The van der Waals surface area contributed by atoms with Crippen LogP contribution in [0.5, 0.6) is 0 Å². The third-order valence-corrected chi connectivity index (χ3v) is 5.75. The fourth-order valence-corrected chi connectivity index (χ4v) is 3.86. The Hall–Kier alpha value is -0.710. The summed E-state index contributed by atoms with van der Waals surface area (Å²) in [5, 5.41) is 25.5. The summed E-state index contributed by atoms with van der Waals surface area (Å²) < 4.78 is 36.5. The second-order valence-corrected chi connectivity index (χ2v) is 10.7. The summed E-state index contributed by atoms with van der Waals surface area (Å²) in [4.78, 5) is 3.86. The summed E-state index contributed by atoms with van der Waals surface area (Å²) in [5.74, 6) is 0. The Morgan fingerprint density at radius 2 is 1.66 bits per heavy atom. The quantitative estimate of drug-likeness (QED) is 0.429. The number of halogens is 6. The van der Waals surface area contributed by atoms with Crippen molar-refractivity contribution in [2.75, 3.05) is 0 Å². The Balaban J connectivity index is 2.23. The lowest BCUT2D eigenvalue weighted by Gasteiger charge is -2.39. The summed E-state index contributed by atoms with van der Waals surface area (Å²) in [6.07, 6.45) is -0.0575. The van der Waals surface area contributed by atoms with Gasteiger partial charge in [-0.15, -0.1) is 0 Å². The van der Waals surface area contributed by atoms with Crippen LogP contribution in [-0.2, 0) is 6.42 Å². The summed E-state index contributed by atoms with van der Waals surface area (Å²) in [6, 6.07) is 4.71. The van der Waals surface area contributed by atoms with Crippen molar-refractivity contribution < 1.29 is 23.4 Å². The van der Waals surface area contributed by atoms with E-state index in [0.29, 0.717) is 5.56 Å². The minimum atomic E-state index is -4.37. The fraction of sp³-hybridized carbons (Fsp3) is 0.529. The summed E-state index contributed by atoms with van der Waals surface area (Å²) in [7, 11) is 0. The van der Waals surface area contributed by atoms with E-state index in [0.717, 1.165) is 0 Å². The standard InChI is InChI=1S/C17H19Cl3F3N3O2S/c1-15(2,7-10-3-5-11(6-4-10)29-17(21,22)23)13(27)12(14(28)16(18,19)20)26-9-24-8-25-26/h3-6,8-9,12-14,27-28H,7H2,1-2H3. The first kappa shape index (κ1) is 24.6. The molecule has 2 aromatic rings. The molecule has 1 heterocycles. The maximum atomic E-state index is 12.5. The first-order valence-electron chi connectivity index (χ1n) is 8.32. The van der Waals surface area contributed by atoms with Gasteiger partial charge in [-0.3, -0.25) is 0 Å².